The number of nitrogens with zero attached hydrogens (tertiary/aromatic N) is 1. The summed E-state index contributed by atoms with van der Waals surface area (Å²) in [5.41, 5.74) is 4.66. The highest BCUT2D eigenvalue weighted by molar-refractivity contribution is 5.28. The van der Waals surface area contributed by atoms with Crippen molar-refractivity contribution in [1.82, 2.24) is 15.2 Å². The van der Waals surface area contributed by atoms with E-state index in [2.05, 4.69) is 34.3 Å². The molecule has 1 rings (SSSR count). The molecule has 90 valence electrons. The molecule has 1 heterocycles. The summed E-state index contributed by atoms with van der Waals surface area (Å²) in [6.07, 6.45) is 0.855. The third-order valence-electron chi connectivity index (χ3n) is 2.02. The molecular weight excluding hydrogens is 210 g/mol. The molecule has 0 spiro atoms. The molecule has 1 aromatic rings. The van der Waals surface area contributed by atoms with Crippen LogP contribution in [0.2, 0.25) is 0 Å². The quantitative estimate of drug-likeness (QED) is 0.527. The Labute approximate surface area is 92.5 Å². The minimum Gasteiger partial charge on any atom is -0.362 e. The number of aromatic nitrogens is 3. The van der Waals surface area contributed by atoms with E-state index in [1.54, 1.807) is 0 Å². The van der Waals surface area contributed by atoms with Gasteiger partial charge in [-0.05, 0) is 12.3 Å². The van der Waals surface area contributed by atoms with E-state index in [4.69, 9.17) is 5.73 Å². The Morgan fingerprint density at radius 3 is 2.69 bits per heavy atom. The highest BCUT2D eigenvalue weighted by Gasteiger charge is 2.07. The van der Waals surface area contributed by atoms with Crippen molar-refractivity contribution in [2.24, 2.45) is 11.7 Å². The highest BCUT2D eigenvalue weighted by atomic mass is 16.2. The second-order valence-electron chi connectivity index (χ2n) is 4.13. The minimum absolute atomic E-state index is 0.0480. The fourth-order valence-electron chi connectivity index (χ4n) is 1.38. The van der Waals surface area contributed by atoms with Gasteiger partial charge in [0.1, 0.15) is 0 Å². The molecule has 5 N–H and O–H groups in total. The van der Waals surface area contributed by atoms with Crippen LogP contribution in [-0.2, 0) is 0 Å². The molecule has 7 nitrogen and oxygen atoms in total. The average molecular weight is 227 g/mol. The van der Waals surface area contributed by atoms with E-state index in [0.29, 0.717) is 12.5 Å². The molecule has 7 heteroatoms. The summed E-state index contributed by atoms with van der Waals surface area (Å²) < 4.78 is 0. The Hall–Kier alpha value is -1.63. The zero-order valence-electron chi connectivity index (χ0n) is 9.41. The predicted octanol–water partition coefficient (Wildman–Crippen LogP) is -0.756. The van der Waals surface area contributed by atoms with Crippen molar-refractivity contribution in [3.63, 3.8) is 0 Å². The molecule has 0 saturated carbocycles. The number of aromatic amines is 2. The van der Waals surface area contributed by atoms with E-state index >= 15 is 0 Å². The molecule has 16 heavy (non-hydrogen) atoms. The lowest BCUT2D eigenvalue weighted by Gasteiger charge is -2.14. The zero-order chi connectivity index (χ0) is 12.1. The first kappa shape index (κ1) is 12.4. The van der Waals surface area contributed by atoms with Crippen molar-refractivity contribution in [3.05, 3.63) is 20.8 Å². The van der Waals surface area contributed by atoms with Crippen LogP contribution in [0, 0.1) is 5.92 Å². The van der Waals surface area contributed by atoms with Crippen LogP contribution in [0.5, 0.6) is 0 Å². The maximum absolute atomic E-state index is 11.2. The number of anilines is 1. The Morgan fingerprint density at radius 1 is 1.44 bits per heavy atom. The van der Waals surface area contributed by atoms with Gasteiger partial charge in [-0.15, -0.1) is 5.10 Å². The standard InChI is InChI=1S/C9H17N5O2/c1-5(2)3-6(10)4-11-7-8(15)12-9(16)14-13-7/h5-6H,3-4,10H2,1-2H3,(H,11,13)(H2,12,14,15,16). The van der Waals surface area contributed by atoms with Gasteiger partial charge in [0.05, 0.1) is 0 Å². The van der Waals surface area contributed by atoms with Gasteiger partial charge in [0, 0.05) is 12.6 Å². The Bertz CT molecular complexity index is 436. The molecule has 0 amide bonds. The molecule has 1 atom stereocenters. The van der Waals surface area contributed by atoms with Gasteiger partial charge in [-0.3, -0.25) is 9.78 Å². The van der Waals surface area contributed by atoms with Crippen molar-refractivity contribution in [3.8, 4) is 0 Å². The lowest BCUT2D eigenvalue weighted by molar-refractivity contribution is 0.507. The van der Waals surface area contributed by atoms with Gasteiger partial charge < -0.3 is 11.1 Å². The van der Waals surface area contributed by atoms with E-state index in [-0.39, 0.29) is 11.9 Å². The smallest absolute Gasteiger partial charge is 0.342 e. The molecule has 1 aromatic heterocycles. The topological polar surface area (TPSA) is 117 Å². The first-order chi connectivity index (χ1) is 7.49. The molecule has 0 aliphatic carbocycles. The summed E-state index contributed by atoms with van der Waals surface area (Å²) in [5, 5.41) is 8.52. The second kappa shape index (κ2) is 5.45. The Kier molecular flexibility index (Phi) is 4.24. The first-order valence-electron chi connectivity index (χ1n) is 5.17. The third kappa shape index (κ3) is 3.85. The molecule has 1 unspecified atom stereocenters. The summed E-state index contributed by atoms with van der Waals surface area (Å²) in [5.74, 6) is 0.581. The van der Waals surface area contributed by atoms with Gasteiger partial charge >= 0.3 is 5.69 Å². The molecule has 0 bridgehead atoms. The molecule has 0 radical (unpaired) electrons. The van der Waals surface area contributed by atoms with Crippen molar-refractivity contribution < 1.29 is 0 Å². The Morgan fingerprint density at radius 2 is 2.12 bits per heavy atom. The fourth-order valence-corrected chi connectivity index (χ4v) is 1.38. The van der Waals surface area contributed by atoms with Gasteiger partial charge in [-0.25, -0.2) is 9.89 Å². The van der Waals surface area contributed by atoms with Crippen molar-refractivity contribution in [1.29, 1.82) is 0 Å². The number of nitrogens with two attached hydrogens (primary N) is 1. The van der Waals surface area contributed by atoms with Crippen LogP contribution in [0.25, 0.3) is 0 Å². The third-order valence-corrected chi connectivity index (χ3v) is 2.02. The predicted molar refractivity (Wildman–Crippen MR) is 61.4 cm³/mol. The van der Waals surface area contributed by atoms with Crippen molar-refractivity contribution in [2.45, 2.75) is 26.3 Å². The van der Waals surface area contributed by atoms with Crippen LogP contribution in [-0.4, -0.2) is 27.8 Å². The molecule has 0 aliphatic rings. The first-order valence-corrected chi connectivity index (χ1v) is 5.17. The van der Waals surface area contributed by atoms with Crippen LogP contribution < -0.4 is 22.3 Å². The number of rotatable bonds is 5. The Balaban J connectivity index is 2.55. The number of hydrogen-bond donors (Lipinski definition) is 4. The van der Waals surface area contributed by atoms with E-state index in [1.807, 2.05) is 0 Å². The fraction of sp³-hybridized carbons (Fsp3) is 0.667. The number of hydrogen-bond acceptors (Lipinski definition) is 5. The van der Waals surface area contributed by atoms with Crippen molar-refractivity contribution >= 4 is 5.82 Å². The molecule has 0 saturated heterocycles. The summed E-state index contributed by atoms with van der Waals surface area (Å²) in [7, 11) is 0. The minimum atomic E-state index is -0.623. The molecular formula is C9H17N5O2. The van der Waals surface area contributed by atoms with Crippen LogP contribution >= 0.6 is 0 Å². The SMILES string of the molecule is CC(C)CC(N)CNc1n[nH]c(=O)[nH]c1=O. The van der Waals surface area contributed by atoms with E-state index < -0.39 is 11.2 Å². The monoisotopic (exact) mass is 227 g/mol. The summed E-state index contributed by atoms with van der Waals surface area (Å²) in [6, 6.07) is -0.0480. The number of H-pyrrole nitrogens is 2. The molecule has 0 aromatic carbocycles. The van der Waals surface area contributed by atoms with E-state index in [9.17, 15) is 9.59 Å². The lowest BCUT2D eigenvalue weighted by Crippen LogP contribution is -2.34. The lowest BCUT2D eigenvalue weighted by atomic mass is 10.0. The normalized spacial score (nSPS) is 12.8. The second-order valence-corrected chi connectivity index (χ2v) is 4.13. The average Bonchev–Trinajstić information content (AvgIpc) is 2.15. The van der Waals surface area contributed by atoms with E-state index in [1.165, 1.54) is 0 Å². The summed E-state index contributed by atoms with van der Waals surface area (Å²) >= 11 is 0. The van der Waals surface area contributed by atoms with Crippen LogP contribution in [0.3, 0.4) is 0 Å². The van der Waals surface area contributed by atoms with Gasteiger partial charge in [-0.1, -0.05) is 13.8 Å². The van der Waals surface area contributed by atoms with E-state index in [0.717, 1.165) is 6.42 Å². The van der Waals surface area contributed by atoms with Crippen molar-refractivity contribution in [2.75, 3.05) is 11.9 Å². The van der Waals surface area contributed by atoms with Crippen LogP contribution in [0.15, 0.2) is 9.59 Å². The molecule has 0 fully saturated rings. The van der Waals surface area contributed by atoms with Gasteiger partial charge in [0.2, 0.25) is 5.82 Å². The zero-order valence-corrected chi connectivity index (χ0v) is 9.41. The van der Waals surface area contributed by atoms with Crippen LogP contribution in [0.1, 0.15) is 20.3 Å². The van der Waals surface area contributed by atoms with Gasteiger partial charge in [0.25, 0.3) is 5.56 Å². The van der Waals surface area contributed by atoms with Gasteiger partial charge in [-0.2, -0.15) is 0 Å². The summed E-state index contributed by atoms with van der Waals surface area (Å²) in [4.78, 5) is 24.0. The largest absolute Gasteiger partial charge is 0.362 e. The van der Waals surface area contributed by atoms with Crippen LogP contribution in [0.4, 0.5) is 5.82 Å². The highest BCUT2D eigenvalue weighted by Crippen LogP contribution is 2.02. The van der Waals surface area contributed by atoms with Gasteiger partial charge in [0.15, 0.2) is 0 Å². The summed E-state index contributed by atoms with van der Waals surface area (Å²) in [6.45, 7) is 4.59. The maximum atomic E-state index is 11.2. The molecule has 0 aliphatic heterocycles. The number of nitrogens with one attached hydrogen (secondary N) is 3. The maximum Gasteiger partial charge on any atom is 0.342 e.